The van der Waals surface area contributed by atoms with Gasteiger partial charge in [-0.3, -0.25) is 19.4 Å². The Labute approximate surface area is 207 Å². The standard InChI is InChI=1S/C21H35N7OS.HI/c1-3-22-20(23-17-21(6-4-5-7-21)27-10-12-30-13-11-27)26-8-9-28(19(29)16-26)18-14-24-25(2)15-18;/h14-15H,3-13,16-17H2,1-2H3,(H,22,23);1H. The molecule has 1 aromatic rings. The molecule has 0 aromatic carbocycles. The molecule has 1 aliphatic carbocycles. The van der Waals surface area contributed by atoms with E-state index < -0.39 is 0 Å². The van der Waals surface area contributed by atoms with Crippen molar-refractivity contribution in [1.82, 2.24) is 24.9 Å². The molecule has 3 aliphatic rings. The Bertz CT molecular complexity index is 759. The van der Waals surface area contributed by atoms with Crippen molar-refractivity contribution in [3.63, 3.8) is 0 Å². The van der Waals surface area contributed by atoms with Crippen molar-refractivity contribution in [2.45, 2.75) is 38.1 Å². The lowest BCUT2D eigenvalue weighted by Crippen LogP contribution is -2.56. The number of rotatable bonds is 5. The van der Waals surface area contributed by atoms with Crippen LogP contribution in [0.15, 0.2) is 17.4 Å². The zero-order chi connectivity index (χ0) is 21.0. The Balaban J connectivity index is 0.00000272. The maximum Gasteiger partial charge on any atom is 0.246 e. The van der Waals surface area contributed by atoms with Crippen LogP contribution < -0.4 is 10.2 Å². The molecule has 2 aliphatic heterocycles. The van der Waals surface area contributed by atoms with Gasteiger partial charge < -0.3 is 15.1 Å². The van der Waals surface area contributed by atoms with E-state index in [1.54, 1.807) is 10.9 Å². The first-order chi connectivity index (χ1) is 14.6. The van der Waals surface area contributed by atoms with Crippen molar-refractivity contribution in [2.24, 2.45) is 12.0 Å². The molecule has 1 amide bonds. The maximum absolute atomic E-state index is 12.8. The number of aromatic nitrogens is 2. The topological polar surface area (TPSA) is 69.0 Å². The highest BCUT2D eigenvalue weighted by Crippen LogP contribution is 2.37. The van der Waals surface area contributed by atoms with Crippen LogP contribution in [0.1, 0.15) is 32.6 Å². The summed E-state index contributed by atoms with van der Waals surface area (Å²) in [5.74, 6) is 3.45. The minimum Gasteiger partial charge on any atom is -0.357 e. The Morgan fingerprint density at radius 3 is 2.58 bits per heavy atom. The van der Waals surface area contributed by atoms with Crippen LogP contribution >= 0.6 is 35.7 Å². The van der Waals surface area contributed by atoms with Gasteiger partial charge in [0.1, 0.15) is 6.54 Å². The van der Waals surface area contributed by atoms with Crippen LogP contribution in [0.5, 0.6) is 0 Å². The molecular weight excluding hydrogens is 525 g/mol. The molecule has 0 spiro atoms. The molecule has 2 saturated heterocycles. The molecule has 0 radical (unpaired) electrons. The number of anilines is 1. The zero-order valence-electron chi connectivity index (χ0n) is 18.8. The smallest absolute Gasteiger partial charge is 0.246 e. The number of nitrogens with zero attached hydrogens (tertiary/aromatic N) is 6. The molecular formula is C21H36IN7OS. The van der Waals surface area contributed by atoms with Crippen molar-refractivity contribution in [3.8, 4) is 0 Å². The van der Waals surface area contributed by atoms with Crippen LogP contribution in [0.25, 0.3) is 0 Å². The Hall–Kier alpha value is -1.01. The zero-order valence-corrected chi connectivity index (χ0v) is 21.9. The summed E-state index contributed by atoms with van der Waals surface area (Å²) in [6.45, 7) is 7.88. The third-order valence-electron chi connectivity index (χ3n) is 6.60. The van der Waals surface area contributed by atoms with E-state index >= 15 is 0 Å². The first-order valence-corrected chi connectivity index (χ1v) is 12.4. The second-order valence-corrected chi connectivity index (χ2v) is 9.76. The Morgan fingerprint density at radius 2 is 1.97 bits per heavy atom. The lowest BCUT2D eigenvalue weighted by atomic mass is 9.95. The number of nitrogens with one attached hydrogen (secondary N) is 1. The fourth-order valence-electron chi connectivity index (χ4n) is 4.97. The number of carbonyl (C=O) groups is 1. The van der Waals surface area contributed by atoms with E-state index in [1.165, 1.54) is 50.3 Å². The number of aryl methyl sites for hydroxylation is 1. The second-order valence-electron chi connectivity index (χ2n) is 8.54. The first-order valence-electron chi connectivity index (χ1n) is 11.3. The normalized spacial score (nSPS) is 22.5. The summed E-state index contributed by atoms with van der Waals surface area (Å²) in [7, 11) is 1.88. The first kappa shape index (κ1) is 24.6. The molecule has 0 unspecified atom stereocenters. The molecule has 3 fully saturated rings. The van der Waals surface area contributed by atoms with E-state index in [4.69, 9.17) is 4.99 Å². The van der Waals surface area contributed by atoms with Gasteiger partial charge in [-0.05, 0) is 19.8 Å². The largest absolute Gasteiger partial charge is 0.357 e. The minimum absolute atomic E-state index is 0. The SMILES string of the molecule is CCNC(=NCC1(N2CCSCC2)CCCC1)N1CCN(c2cnn(C)c2)C(=O)C1.I. The predicted molar refractivity (Wildman–Crippen MR) is 139 cm³/mol. The number of hydrogen-bond acceptors (Lipinski definition) is 5. The van der Waals surface area contributed by atoms with Gasteiger partial charge >= 0.3 is 0 Å². The molecule has 10 heteroatoms. The average Bonchev–Trinajstić information content (AvgIpc) is 3.42. The number of amides is 1. The molecule has 1 saturated carbocycles. The van der Waals surface area contributed by atoms with Crippen LogP contribution in [-0.2, 0) is 11.8 Å². The van der Waals surface area contributed by atoms with Crippen LogP contribution in [0.4, 0.5) is 5.69 Å². The highest BCUT2D eigenvalue weighted by molar-refractivity contribution is 14.0. The van der Waals surface area contributed by atoms with Gasteiger partial charge in [-0.15, -0.1) is 24.0 Å². The van der Waals surface area contributed by atoms with Crippen molar-refractivity contribution >= 4 is 53.3 Å². The number of guanidine groups is 1. The fraction of sp³-hybridized carbons (Fsp3) is 0.762. The molecule has 1 aromatic heterocycles. The molecule has 4 rings (SSSR count). The number of hydrogen-bond donors (Lipinski definition) is 1. The van der Waals surface area contributed by atoms with Crippen molar-refractivity contribution < 1.29 is 4.79 Å². The molecule has 174 valence electrons. The van der Waals surface area contributed by atoms with Crippen LogP contribution in [0.3, 0.4) is 0 Å². The van der Waals surface area contributed by atoms with E-state index in [2.05, 4.69) is 38.9 Å². The van der Waals surface area contributed by atoms with Gasteiger partial charge in [0.15, 0.2) is 5.96 Å². The monoisotopic (exact) mass is 561 g/mol. The summed E-state index contributed by atoms with van der Waals surface area (Å²) >= 11 is 2.07. The Kier molecular flexibility index (Phi) is 8.91. The number of thioether (sulfide) groups is 1. The predicted octanol–water partition coefficient (Wildman–Crippen LogP) is 2.01. The molecule has 31 heavy (non-hydrogen) atoms. The molecule has 1 N–H and O–H groups in total. The van der Waals surface area contributed by atoms with E-state index in [1.807, 2.05) is 18.1 Å². The summed E-state index contributed by atoms with van der Waals surface area (Å²) in [5, 5.41) is 7.64. The van der Waals surface area contributed by atoms with E-state index in [0.717, 1.165) is 31.3 Å². The van der Waals surface area contributed by atoms with Gasteiger partial charge in [0.25, 0.3) is 0 Å². The quantitative estimate of drug-likeness (QED) is 0.337. The van der Waals surface area contributed by atoms with Gasteiger partial charge in [-0.2, -0.15) is 16.9 Å². The fourth-order valence-corrected chi connectivity index (χ4v) is 5.87. The van der Waals surface area contributed by atoms with Gasteiger partial charge in [0.2, 0.25) is 5.91 Å². The number of carbonyl (C=O) groups excluding carboxylic acids is 1. The van der Waals surface area contributed by atoms with Crippen molar-refractivity contribution in [3.05, 3.63) is 12.4 Å². The third-order valence-corrected chi connectivity index (χ3v) is 7.54. The number of aliphatic imine (C=N–C) groups is 1. The highest BCUT2D eigenvalue weighted by Gasteiger charge is 2.40. The minimum atomic E-state index is 0. The molecule has 0 atom stereocenters. The van der Waals surface area contributed by atoms with Crippen LogP contribution in [-0.4, -0.2) is 94.3 Å². The number of halogens is 1. The van der Waals surface area contributed by atoms with E-state index in [9.17, 15) is 4.79 Å². The lowest BCUT2D eigenvalue weighted by Gasteiger charge is -2.43. The van der Waals surface area contributed by atoms with Gasteiger partial charge in [0, 0.05) is 63.0 Å². The second kappa shape index (κ2) is 11.2. The van der Waals surface area contributed by atoms with Crippen LogP contribution in [0.2, 0.25) is 0 Å². The summed E-state index contributed by atoms with van der Waals surface area (Å²) in [4.78, 5) is 24.6. The number of piperazine rings is 1. The van der Waals surface area contributed by atoms with Crippen molar-refractivity contribution in [1.29, 1.82) is 0 Å². The Morgan fingerprint density at radius 1 is 1.23 bits per heavy atom. The summed E-state index contributed by atoms with van der Waals surface area (Å²) in [6.07, 6.45) is 8.75. The van der Waals surface area contributed by atoms with E-state index in [0.29, 0.717) is 13.1 Å². The lowest BCUT2D eigenvalue weighted by molar-refractivity contribution is -0.120. The average molecular weight is 562 g/mol. The van der Waals surface area contributed by atoms with Crippen LogP contribution in [0, 0.1) is 0 Å². The van der Waals surface area contributed by atoms with Gasteiger partial charge in [0.05, 0.1) is 18.4 Å². The summed E-state index contributed by atoms with van der Waals surface area (Å²) in [6, 6.07) is 0. The summed E-state index contributed by atoms with van der Waals surface area (Å²) < 4.78 is 1.74. The van der Waals surface area contributed by atoms with Crippen molar-refractivity contribution in [2.75, 3.05) is 62.2 Å². The maximum atomic E-state index is 12.8. The third kappa shape index (κ3) is 5.68. The van der Waals surface area contributed by atoms with Gasteiger partial charge in [-0.1, -0.05) is 12.8 Å². The molecule has 3 heterocycles. The summed E-state index contributed by atoms with van der Waals surface area (Å²) in [5.41, 5.74) is 1.08. The van der Waals surface area contributed by atoms with Gasteiger partial charge in [-0.25, -0.2) is 0 Å². The molecule has 8 nitrogen and oxygen atoms in total. The molecule has 0 bridgehead atoms. The van der Waals surface area contributed by atoms with E-state index in [-0.39, 0.29) is 35.4 Å². The highest BCUT2D eigenvalue weighted by atomic mass is 127.